The molecule has 0 radical (unpaired) electrons. The Hall–Kier alpha value is -3.21. The molecule has 0 aliphatic rings. The van der Waals surface area contributed by atoms with E-state index in [1.807, 2.05) is 19.9 Å². The third-order valence-corrected chi connectivity index (χ3v) is 3.50. The standard InChI is InChI=1S/C17H18N4O4/c1-5-25-17(23)15-12(9-22)16(10(2)3)21(20-15)13-6-11(7-18)19-8-14(13)24-4/h6,8-10H,5H2,1-4H3. The predicted molar refractivity (Wildman–Crippen MR) is 88.1 cm³/mol. The van der Waals surface area contributed by atoms with E-state index in [0.29, 0.717) is 23.4 Å². The van der Waals surface area contributed by atoms with E-state index >= 15 is 0 Å². The molecule has 0 bridgehead atoms. The van der Waals surface area contributed by atoms with E-state index in [4.69, 9.17) is 14.7 Å². The van der Waals surface area contributed by atoms with Crippen molar-refractivity contribution in [3.63, 3.8) is 0 Å². The molecule has 8 nitrogen and oxygen atoms in total. The fourth-order valence-corrected chi connectivity index (χ4v) is 2.46. The number of nitrogens with zero attached hydrogens (tertiary/aromatic N) is 4. The molecule has 25 heavy (non-hydrogen) atoms. The zero-order valence-electron chi connectivity index (χ0n) is 14.4. The first-order chi connectivity index (χ1) is 12.0. The van der Waals surface area contributed by atoms with Crippen molar-refractivity contribution in [3.05, 3.63) is 34.9 Å². The van der Waals surface area contributed by atoms with Crippen LogP contribution < -0.4 is 4.74 Å². The molecule has 8 heteroatoms. The summed E-state index contributed by atoms with van der Waals surface area (Å²) in [6, 6.07) is 3.43. The van der Waals surface area contributed by atoms with Crippen LogP contribution in [-0.4, -0.2) is 40.7 Å². The minimum atomic E-state index is -0.682. The van der Waals surface area contributed by atoms with Gasteiger partial charge in [0.15, 0.2) is 17.7 Å². The van der Waals surface area contributed by atoms with E-state index in [1.165, 1.54) is 24.1 Å². The second-order valence-corrected chi connectivity index (χ2v) is 5.41. The number of aldehydes is 1. The molecule has 0 amide bonds. The first-order valence-electron chi connectivity index (χ1n) is 7.68. The van der Waals surface area contributed by atoms with Crippen molar-refractivity contribution in [2.45, 2.75) is 26.7 Å². The number of carbonyl (C=O) groups is 2. The first kappa shape index (κ1) is 18.1. The normalized spacial score (nSPS) is 10.4. The molecule has 2 aromatic heterocycles. The van der Waals surface area contributed by atoms with E-state index in [-0.39, 0.29) is 29.5 Å². The van der Waals surface area contributed by atoms with Gasteiger partial charge in [0.2, 0.25) is 0 Å². The fourth-order valence-electron chi connectivity index (χ4n) is 2.46. The minimum Gasteiger partial charge on any atom is -0.493 e. The second kappa shape index (κ2) is 7.57. The maximum absolute atomic E-state index is 12.2. The van der Waals surface area contributed by atoms with Gasteiger partial charge in [-0.05, 0) is 12.8 Å². The van der Waals surface area contributed by atoms with Crippen LogP contribution in [0.5, 0.6) is 5.75 Å². The van der Waals surface area contributed by atoms with Gasteiger partial charge in [-0.1, -0.05) is 13.8 Å². The first-order valence-corrected chi connectivity index (χ1v) is 7.68. The number of ether oxygens (including phenoxy) is 2. The molecule has 0 N–H and O–H groups in total. The van der Waals surface area contributed by atoms with Crippen molar-refractivity contribution < 1.29 is 19.1 Å². The molecule has 0 aliphatic carbocycles. The van der Waals surface area contributed by atoms with E-state index in [9.17, 15) is 9.59 Å². The average molecular weight is 342 g/mol. The van der Waals surface area contributed by atoms with E-state index in [1.54, 1.807) is 6.92 Å². The monoisotopic (exact) mass is 342 g/mol. The van der Waals surface area contributed by atoms with E-state index < -0.39 is 5.97 Å². The number of hydrogen-bond donors (Lipinski definition) is 0. The molecule has 0 saturated carbocycles. The topological polar surface area (TPSA) is 107 Å². The molecular weight excluding hydrogens is 324 g/mol. The highest BCUT2D eigenvalue weighted by Gasteiger charge is 2.27. The number of nitriles is 1. The lowest BCUT2D eigenvalue weighted by molar-refractivity contribution is 0.0517. The molecule has 0 fully saturated rings. The third kappa shape index (κ3) is 3.35. The summed E-state index contributed by atoms with van der Waals surface area (Å²) in [6.07, 6.45) is 1.98. The Labute approximate surface area is 145 Å². The van der Waals surface area contributed by atoms with Gasteiger partial charge in [-0.25, -0.2) is 14.5 Å². The zero-order valence-corrected chi connectivity index (χ0v) is 14.4. The summed E-state index contributed by atoms with van der Waals surface area (Å²) < 4.78 is 11.7. The number of rotatable bonds is 6. The number of hydrogen-bond acceptors (Lipinski definition) is 7. The Kier molecular flexibility index (Phi) is 5.49. The van der Waals surface area contributed by atoms with Crippen molar-refractivity contribution >= 4 is 12.3 Å². The van der Waals surface area contributed by atoms with Crippen LogP contribution in [0, 0.1) is 11.3 Å². The summed E-state index contributed by atoms with van der Waals surface area (Å²) in [4.78, 5) is 27.7. The highest BCUT2D eigenvalue weighted by molar-refractivity contribution is 5.97. The lowest BCUT2D eigenvalue weighted by atomic mass is 10.0. The smallest absolute Gasteiger partial charge is 0.359 e. The van der Waals surface area contributed by atoms with Gasteiger partial charge >= 0.3 is 5.97 Å². The number of methoxy groups -OCH3 is 1. The summed E-state index contributed by atoms with van der Waals surface area (Å²) in [6.45, 7) is 5.57. The lowest BCUT2D eigenvalue weighted by Crippen LogP contribution is -2.09. The Bertz CT molecular complexity index is 849. The van der Waals surface area contributed by atoms with Crippen LogP contribution in [0.4, 0.5) is 0 Å². The Morgan fingerprint density at radius 3 is 2.72 bits per heavy atom. The highest BCUT2D eigenvalue weighted by atomic mass is 16.5. The van der Waals surface area contributed by atoms with Crippen molar-refractivity contribution in [1.29, 1.82) is 5.26 Å². The van der Waals surface area contributed by atoms with Crippen LogP contribution in [-0.2, 0) is 4.74 Å². The summed E-state index contributed by atoms with van der Waals surface area (Å²) in [5.41, 5.74) is 1.18. The largest absolute Gasteiger partial charge is 0.493 e. The Balaban J connectivity index is 2.80. The van der Waals surface area contributed by atoms with Crippen LogP contribution in [0.3, 0.4) is 0 Å². The molecular formula is C17H18N4O4. The molecule has 0 unspecified atom stereocenters. The molecule has 0 aliphatic heterocycles. The molecule has 0 aromatic carbocycles. The average Bonchev–Trinajstić information content (AvgIpc) is 3.01. The van der Waals surface area contributed by atoms with Gasteiger partial charge in [0.1, 0.15) is 17.5 Å². The van der Waals surface area contributed by atoms with Crippen LogP contribution >= 0.6 is 0 Å². The summed E-state index contributed by atoms with van der Waals surface area (Å²) in [7, 11) is 1.46. The molecule has 0 spiro atoms. The van der Waals surface area contributed by atoms with Crippen molar-refractivity contribution in [2.75, 3.05) is 13.7 Å². The van der Waals surface area contributed by atoms with Gasteiger partial charge in [-0.3, -0.25) is 4.79 Å². The molecule has 2 aromatic rings. The van der Waals surface area contributed by atoms with Gasteiger partial charge in [-0.15, -0.1) is 0 Å². The number of carbonyl (C=O) groups excluding carboxylic acids is 2. The SMILES string of the molecule is CCOC(=O)c1nn(-c2cc(C#N)ncc2OC)c(C(C)C)c1C=O. The maximum atomic E-state index is 12.2. The van der Waals surface area contributed by atoms with Crippen molar-refractivity contribution in [2.24, 2.45) is 0 Å². The maximum Gasteiger partial charge on any atom is 0.359 e. The summed E-state index contributed by atoms with van der Waals surface area (Å²) >= 11 is 0. The van der Waals surface area contributed by atoms with Gasteiger partial charge < -0.3 is 9.47 Å². The van der Waals surface area contributed by atoms with Crippen LogP contribution in [0.1, 0.15) is 58.9 Å². The summed E-state index contributed by atoms with van der Waals surface area (Å²) in [5, 5.41) is 13.4. The van der Waals surface area contributed by atoms with E-state index in [2.05, 4.69) is 10.1 Å². The van der Waals surface area contributed by atoms with Crippen molar-refractivity contribution in [3.8, 4) is 17.5 Å². The van der Waals surface area contributed by atoms with Gasteiger partial charge in [0.05, 0.1) is 31.2 Å². The van der Waals surface area contributed by atoms with Crippen LogP contribution in [0.15, 0.2) is 12.3 Å². The fraction of sp³-hybridized carbons (Fsp3) is 0.353. The van der Waals surface area contributed by atoms with Crippen LogP contribution in [0.2, 0.25) is 0 Å². The zero-order chi connectivity index (χ0) is 18.6. The quantitative estimate of drug-likeness (QED) is 0.585. The number of esters is 1. The predicted octanol–water partition coefficient (Wildman–Crippen LogP) is 2.26. The number of pyridine rings is 1. The highest BCUT2D eigenvalue weighted by Crippen LogP contribution is 2.30. The van der Waals surface area contributed by atoms with Crippen LogP contribution in [0.25, 0.3) is 5.69 Å². The summed E-state index contributed by atoms with van der Waals surface area (Å²) in [5.74, 6) is -0.450. The minimum absolute atomic E-state index is 0.0714. The molecule has 0 saturated heterocycles. The Morgan fingerprint density at radius 2 is 2.20 bits per heavy atom. The van der Waals surface area contributed by atoms with E-state index in [0.717, 1.165) is 0 Å². The molecule has 130 valence electrons. The Morgan fingerprint density at radius 1 is 1.48 bits per heavy atom. The van der Waals surface area contributed by atoms with Gasteiger partial charge in [0, 0.05) is 6.07 Å². The second-order valence-electron chi connectivity index (χ2n) is 5.41. The van der Waals surface area contributed by atoms with Gasteiger partial charge in [-0.2, -0.15) is 10.4 Å². The molecule has 2 rings (SSSR count). The molecule has 2 heterocycles. The molecule has 0 atom stereocenters. The number of aromatic nitrogens is 3. The van der Waals surface area contributed by atoms with Gasteiger partial charge in [0.25, 0.3) is 0 Å². The van der Waals surface area contributed by atoms with Crippen molar-refractivity contribution in [1.82, 2.24) is 14.8 Å². The third-order valence-electron chi connectivity index (χ3n) is 3.50. The lowest BCUT2D eigenvalue weighted by Gasteiger charge is -2.13.